The lowest BCUT2D eigenvalue weighted by Gasteiger charge is -2.17. The molecule has 0 aliphatic heterocycles. The molecule has 1 aliphatic rings. The van der Waals surface area contributed by atoms with E-state index in [0.717, 1.165) is 23.8 Å². The van der Waals surface area contributed by atoms with Crippen molar-refractivity contribution in [2.75, 3.05) is 5.32 Å². The van der Waals surface area contributed by atoms with Crippen molar-refractivity contribution in [2.45, 2.75) is 13.0 Å². The molecule has 3 rings (SSSR count). The summed E-state index contributed by atoms with van der Waals surface area (Å²) in [4.78, 5) is 20.5. The van der Waals surface area contributed by atoms with Crippen molar-refractivity contribution in [2.24, 2.45) is 0 Å². The van der Waals surface area contributed by atoms with E-state index in [2.05, 4.69) is 36.5 Å². The monoisotopic (exact) mass is 318 g/mol. The van der Waals surface area contributed by atoms with Crippen LogP contribution < -0.4 is 5.32 Å². The van der Waals surface area contributed by atoms with Crippen molar-refractivity contribution in [1.29, 1.82) is 0 Å². The molecule has 0 fully saturated rings. The first kappa shape index (κ1) is 17.4. The fourth-order valence-electron chi connectivity index (χ4n) is 2.10. The first-order valence-corrected chi connectivity index (χ1v) is 7.73. The van der Waals surface area contributed by atoms with Gasteiger partial charge in [0.05, 0.1) is 6.04 Å². The summed E-state index contributed by atoms with van der Waals surface area (Å²) in [7, 11) is 0. The maximum atomic E-state index is 10.5. The first-order valence-electron chi connectivity index (χ1n) is 7.73. The molecule has 3 heteroatoms. The van der Waals surface area contributed by atoms with E-state index < -0.39 is 0 Å². The fourth-order valence-corrected chi connectivity index (χ4v) is 2.10. The third-order valence-electron chi connectivity index (χ3n) is 3.45. The lowest BCUT2D eigenvalue weighted by Crippen LogP contribution is -2.18. The normalized spacial score (nSPS) is 15.5. The van der Waals surface area contributed by atoms with Gasteiger partial charge in [-0.3, -0.25) is 9.59 Å². The molecule has 1 aliphatic carbocycles. The SMILES string of the molecule is Cc1ccc(NC2[CH]C=C(C=O)C=C2)cc1.O=Cc1ccccc1. The molecule has 0 amide bonds. The second kappa shape index (κ2) is 9.26. The maximum absolute atomic E-state index is 10.5. The van der Waals surface area contributed by atoms with Gasteiger partial charge in [-0.25, -0.2) is 0 Å². The largest absolute Gasteiger partial charge is 0.378 e. The van der Waals surface area contributed by atoms with Gasteiger partial charge in [0.1, 0.15) is 12.6 Å². The van der Waals surface area contributed by atoms with E-state index in [1.807, 2.05) is 42.8 Å². The highest BCUT2D eigenvalue weighted by Gasteiger charge is 2.07. The van der Waals surface area contributed by atoms with Gasteiger partial charge in [0.15, 0.2) is 0 Å². The lowest BCUT2D eigenvalue weighted by molar-refractivity contribution is -0.104. The van der Waals surface area contributed by atoms with Crippen LogP contribution >= 0.6 is 0 Å². The van der Waals surface area contributed by atoms with Gasteiger partial charge in [-0.05, 0) is 19.1 Å². The number of anilines is 1. The average Bonchev–Trinajstić information content (AvgIpc) is 2.65. The number of nitrogens with one attached hydrogen (secondary N) is 1. The van der Waals surface area contributed by atoms with Crippen LogP contribution in [0.15, 0.2) is 78.4 Å². The molecule has 2 aromatic carbocycles. The molecule has 0 heterocycles. The molecule has 0 saturated carbocycles. The molecule has 1 N–H and O–H groups in total. The highest BCUT2D eigenvalue weighted by molar-refractivity contribution is 5.78. The van der Waals surface area contributed by atoms with Gasteiger partial charge in [-0.15, -0.1) is 0 Å². The van der Waals surface area contributed by atoms with Crippen LogP contribution in [0.3, 0.4) is 0 Å². The van der Waals surface area contributed by atoms with Gasteiger partial charge in [0.25, 0.3) is 0 Å². The van der Waals surface area contributed by atoms with Crippen LogP contribution in [0.25, 0.3) is 0 Å². The highest BCUT2D eigenvalue weighted by Crippen LogP contribution is 2.15. The van der Waals surface area contributed by atoms with Crippen LogP contribution in [0.4, 0.5) is 5.69 Å². The van der Waals surface area contributed by atoms with E-state index in [1.54, 1.807) is 12.1 Å². The molecule has 1 radical (unpaired) electrons. The molecule has 121 valence electrons. The van der Waals surface area contributed by atoms with Crippen molar-refractivity contribution in [3.05, 3.63) is 95.9 Å². The summed E-state index contributed by atoms with van der Waals surface area (Å²) >= 11 is 0. The van der Waals surface area contributed by atoms with E-state index in [4.69, 9.17) is 0 Å². The summed E-state index contributed by atoms with van der Waals surface area (Å²) in [6.07, 6.45) is 9.31. The molecule has 0 saturated heterocycles. The number of rotatable bonds is 4. The molecule has 3 nitrogen and oxygen atoms in total. The zero-order valence-corrected chi connectivity index (χ0v) is 13.6. The average molecular weight is 318 g/mol. The summed E-state index contributed by atoms with van der Waals surface area (Å²) in [5, 5.41) is 3.35. The Morgan fingerprint density at radius 1 is 0.917 bits per heavy atom. The Kier molecular flexibility index (Phi) is 6.72. The number of benzene rings is 2. The number of carbonyl (C=O) groups is 2. The summed E-state index contributed by atoms with van der Waals surface area (Å²) < 4.78 is 0. The minimum atomic E-state index is 0.159. The van der Waals surface area contributed by atoms with Gasteiger partial charge in [-0.2, -0.15) is 0 Å². The Morgan fingerprint density at radius 3 is 2.12 bits per heavy atom. The molecule has 1 unspecified atom stereocenters. The second-order valence-electron chi connectivity index (χ2n) is 5.40. The molecule has 0 bridgehead atoms. The fraction of sp³-hybridized carbons (Fsp3) is 0.0952. The van der Waals surface area contributed by atoms with Crippen LogP contribution in [-0.4, -0.2) is 18.6 Å². The summed E-state index contributed by atoms with van der Waals surface area (Å²) in [5.41, 5.74) is 3.77. The number of carbonyl (C=O) groups excluding carboxylic acids is 2. The topological polar surface area (TPSA) is 46.2 Å². The van der Waals surface area contributed by atoms with Crippen molar-refractivity contribution in [1.82, 2.24) is 0 Å². The molecule has 2 aromatic rings. The van der Waals surface area contributed by atoms with Crippen LogP contribution in [0, 0.1) is 13.3 Å². The van der Waals surface area contributed by atoms with Crippen LogP contribution in [0.2, 0.25) is 0 Å². The number of hydrogen-bond acceptors (Lipinski definition) is 3. The number of aryl methyl sites for hydroxylation is 1. The highest BCUT2D eigenvalue weighted by atomic mass is 16.1. The number of allylic oxidation sites excluding steroid dienone is 2. The Labute approximate surface area is 142 Å². The maximum Gasteiger partial charge on any atom is 0.150 e. The van der Waals surface area contributed by atoms with Gasteiger partial charge < -0.3 is 5.32 Å². The van der Waals surface area contributed by atoms with Crippen LogP contribution in [-0.2, 0) is 4.79 Å². The number of hydrogen-bond donors (Lipinski definition) is 1. The summed E-state index contributed by atoms with van der Waals surface area (Å²) in [6, 6.07) is 17.5. The molecular formula is C21H20NO2. The zero-order chi connectivity index (χ0) is 17.2. The Hall–Kier alpha value is -2.94. The Bertz CT molecular complexity index is 715. The van der Waals surface area contributed by atoms with Crippen LogP contribution in [0.1, 0.15) is 15.9 Å². The van der Waals surface area contributed by atoms with Crippen molar-refractivity contribution >= 4 is 18.3 Å². The number of aldehydes is 2. The third kappa shape index (κ3) is 5.69. The van der Waals surface area contributed by atoms with Crippen molar-refractivity contribution < 1.29 is 9.59 Å². The lowest BCUT2D eigenvalue weighted by atomic mass is 10.0. The minimum Gasteiger partial charge on any atom is -0.378 e. The summed E-state index contributed by atoms with van der Waals surface area (Å²) in [6.45, 7) is 2.06. The van der Waals surface area contributed by atoms with E-state index in [9.17, 15) is 9.59 Å². The van der Waals surface area contributed by atoms with E-state index in [1.165, 1.54) is 5.56 Å². The predicted molar refractivity (Wildman–Crippen MR) is 98.0 cm³/mol. The molecule has 0 aromatic heterocycles. The summed E-state index contributed by atoms with van der Waals surface area (Å²) in [5.74, 6) is 0. The molecule has 24 heavy (non-hydrogen) atoms. The quantitative estimate of drug-likeness (QED) is 0.861. The van der Waals surface area contributed by atoms with E-state index >= 15 is 0 Å². The van der Waals surface area contributed by atoms with Crippen molar-refractivity contribution in [3.63, 3.8) is 0 Å². The molecular weight excluding hydrogens is 298 g/mol. The smallest absolute Gasteiger partial charge is 0.150 e. The van der Waals surface area contributed by atoms with Crippen LogP contribution in [0.5, 0.6) is 0 Å². The first-order chi connectivity index (χ1) is 11.7. The standard InChI is InChI=1S/C14H14NO.C7H6O/c1-11-2-6-13(7-3-11)15-14-8-4-12(10-16)5-9-14;8-6-7-4-2-1-3-5-7/h2-10,14-15H,1H3;1-6H. The van der Waals surface area contributed by atoms with Gasteiger partial charge in [0, 0.05) is 23.2 Å². The molecule has 1 atom stereocenters. The third-order valence-corrected chi connectivity index (χ3v) is 3.45. The zero-order valence-electron chi connectivity index (χ0n) is 13.6. The second-order valence-corrected chi connectivity index (χ2v) is 5.40. The van der Waals surface area contributed by atoms with Gasteiger partial charge in [0.2, 0.25) is 0 Å². The van der Waals surface area contributed by atoms with E-state index in [0.29, 0.717) is 5.57 Å². The van der Waals surface area contributed by atoms with E-state index in [-0.39, 0.29) is 6.04 Å². The minimum absolute atomic E-state index is 0.159. The Balaban J connectivity index is 0.000000219. The Morgan fingerprint density at radius 2 is 1.62 bits per heavy atom. The van der Waals surface area contributed by atoms with Gasteiger partial charge in [-0.1, -0.05) is 66.3 Å². The predicted octanol–water partition coefficient (Wildman–Crippen LogP) is 4.17. The molecule has 0 spiro atoms. The van der Waals surface area contributed by atoms with Gasteiger partial charge >= 0.3 is 0 Å². The van der Waals surface area contributed by atoms with Crippen molar-refractivity contribution in [3.8, 4) is 0 Å².